The predicted molar refractivity (Wildman–Crippen MR) is 93.9 cm³/mol. The highest BCUT2D eigenvalue weighted by molar-refractivity contribution is 7.93. The van der Waals surface area contributed by atoms with Gasteiger partial charge in [0, 0.05) is 11.2 Å². The molecule has 0 bridgehead atoms. The van der Waals surface area contributed by atoms with Crippen LogP contribution in [0.15, 0.2) is 33.5 Å². The number of rotatable bonds is 3. The first-order chi connectivity index (χ1) is 11.0. The van der Waals surface area contributed by atoms with E-state index in [1.807, 2.05) is 33.8 Å². The lowest BCUT2D eigenvalue weighted by Gasteiger charge is -2.32. The van der Waals surface area contributed by atoms with Crippen LogP contribution in [0.5, 0.6) is 0 Å². The Bertz CT molecular complexity index is 737. The summed E-state index contributed by atoms with van der Waals surface area (Å²) >= 11 is 0. The molecule has 0 N–H and O–H groups in total. The van der Waals surface area contributed by atoms with Crippen molar-refractivity contribution in [1.82, 2.24) is 0 Å². The number of hydrogen-bond donors (Lipinski definition) is 0. The standard InChI is InChI=1S/C16H24BNO5S/c1-7-21-14(19)18-24(6,20)13-10-8-9-12(11-13)17-22-15(2,3)16(4,5)23-17/h8-11H,7H2,1-6H3/t24-/m0/s1. The number of hydrogen-bond acceptors (Lipinski definition) is 5. The highest BCUT2D eigenvalue weighted by atomic mass is 32.2. The second-order valence-corrected chi connectivity index (χ2v) is 9.01. The maximum Gasteiger partial charge on any atom is 0.494 e. The van der Waals surface area contributed by atoms with Gasteiger partial charge in [0.25, 0.3) is 0 Å². The number of carbonyl (C=O) groups excluding carboxylic acids is 1. The van der Waals surface area contributed by atoms with Crippen LogP contribution in [0.4, 0.5) is 4.79 Å². The minimum Gasteiger partial charge on any atom is -0.448 e. The van der Waals surface area contributed by atoms with E-state index in [0.717, 1.165) is 5.46 Å². The summed E-state index contributed by atoms with van der Waals surface area (Å²) in [6.07, 6.45) is 0.582. The highest BCUT2D eigenvalue weighted by Crippen LogP contribution is 2.36. The van der Waals surface area contributed by atoms with Crippen molar-refractivity contribution in [2.24, 2.45) is 4.36 Å². The largest absolute Gasteiger partial charge is 0.494 e. The van der Waals surface area contributed by atoms with E-state index in [4.69, 9.17) is 14.0 Å². The summed E-state index contributed by atoms with van der Waals surface area (Å²) in [6.45, 7) is 9.73. The van der Waals surface area contributed by atoms with Crippen LogP contribution in [0.2, 0.25) is 0 Å². The van der Waals surface area contributed by atoms with Gasteiger partial charge in [-0.15, -0.1) is 4.36 Å². The summed E-state index contributed by atoms with van der Waals surface area (Å²) in [5.74, 6) is 0. The third-order valence-electron chi connectivity index (χ3n) is 4.34. The molecule has 0 radical (unpaired) electrons. The van der Waals surface area contributed by atoms with Crippen molar-refractivity contribution in [2.45, 2.75) is 50.7 Å². The van der Waals surface area contributed by atoms with Crippen LogP contribution >= 0.6 is 0 Å². The fourth-order valence-electron chi connectivity index (χ4n) is 2.22. The normalized spacial score (nSPS) is 21.2. The second-order valence-electron chi connectivity index (χ2n) is 6.75. The van der Waals surface area contributed by atoms with Gasteiger partial charge in [0.15, 0.2) is 0 Å². The minimum absolute atomic E-state index is 0.186. The van der Waals surface area contributed by atoms with Gasteiger partial charge < -0.3 is 14.0 Å². The molecule has 1 amide bonds. The van der Waals surface area contributed by atoms with Crippen LogP contribution in [0, 0.1) is 0 Å². The topological polar surface area (TPSA) is 74.2 Å². The van der Waals surface area contributed by atoms with Crippen molar-refractivity contribution >= 4 is 28.4 Å². The molecule has 1 saturated heterocycles. The SMILES string of the molecule is CCOC(=O)N=[S@@](C)(=O)c1cccc(B2OC(C)(C)C(C)(C)O2)c1. The zero-order valence-electron chi connectivity index (χ0n) is 15.0. The van der Waals surface area contributed by atoms with Gasteiger partial charge in [-0.1, -0.05) is 12.1 Å². The molecule has 0 unspecified atom stereocenters. The van der Waals surface area contributed by atoms with E-state index in [0.29, 0.717) is 4.90 Å². The molecular formula is C16H24BNO5S. The molecule has 1 aromatic rings. The third kappa shape index (κ3) is 3.82. The predicted octanol–water partition coefficient (Wildman–Crippen LogP) is 2.60. The molecule has 1 heterocycles. The molecule has 1 fully saturated rings. The van der Waals surface area contributed by atoms with Crippen LogP contribution in [0.25, 0.3) is 0 Å². The van der Waals surface area contributed by atoms with Crippen molar-refractivity contribution in [1.29, 1.82) is 0 Å². The van der Waals surface area contributed by atoms with E-state index in [-0.39, 0.29) is 6.61 Å². The number of ether oxygens (including phenoxy) is 1. The van der Waals surface area contributed by atoms with Gasteiger partial charge in [-0.3, -0.25) is 0 Å². The van der Waals surface area contributed by atoms with Crippen molar-refractivity contribution < 1.29 is 23.0 Å². The molecule has 1 atom stereocenters. The fraction of sp³-hybridized carbons (Fsp3) is 0.562. The Hall–Kier alpha value is -1.38. The average Bonchev–Trinajstić information content (AvgIpc) is 2.67. The van der Waals surface area contributed by atoms with E-state index >= 15 is 0 Å². The minimum atomic E-state index is -2.90. The Morgan fingerprint density at radius 1 is 1.25 bits per heavy atom. The fourth-order valence-corrected chi connectivity index (χ4v) is 3.35. The van der Waals surface area contributed by atoms with E-state index in [1.165, 1.54) is 6.26 Å². The number of benzene rings is 1. The summed E-state index contributed by atoms with van der Waals surface area (Å²) in [5, 5.41) is 0. The number of amides is 1. The molecule has 0 saturated carbocycles. The van der Waals surface area contributed by atoms with Crippen molar-refractivity contribution in [3.05, 3.63) is 24.3 Å². The van der Waals surface area contributed by atoms with Gasteiger partial charge in [0.2, 0.25) is 0 Å². The zero-order valence-corrected chi connectivity index (χ0v) is 15.8. The van der Waals surface area contributed by atoms with Crippen LogP contribution in [-0.2, 0) is 23.8 Å². The van der Waals surface area contributed by atoms with Crippen LogP contribution in [0.3, 0.4) is 0 Å². The van der Waals surface area contributed by atoms with Gasteiger partial charge in [-0.05, 0) is 52.2 Å². The summed E-state index contributed by atoms with van der Waals surface area (Å²) < 4.78 is 33.2. The molecule has 0 aromatic heterocycles. The van der Waals surface area contributed by atoms with Gasteiger partial charge in [0.1, 0.15) is 0 Å². The Morgan fingerprint density at radius 3 is 2.38 bits per heavy atom. The van der Waals surface area contributed by atoms with Crippen LogP contribution < -0.4 is 5.46 Å². The smallest absolute Gasteiger partial charge is 0.448 e. The first-order valence-electron chi connectivity index (χ1n) is 7.83. The van der Waals surface area contributed by atoms with Gasteiger partial charge >= 0.3 is 13.2 Å². The first-order valence-corrected chi connectivity index (χ1v) is 9.75. The lowest BCUT2D eigenvalue weighted by atomic mass is 9.79. The first kappa shape index (κ1) is 19.0. The lowest BCUT2D eigenvalue weighted by molar-refractivity contribution is 0.00578. The van der Waals surface area contributed by atoms with E-state index in [9.17, 15) is 9.00 Å². The van der Waals surface area contributed by atoms with Crippen LogP contribution in [-0.4, -0.2) is 41.5 Å². The van der Waals surface area contributed by atoms with E-state index < -0.39 is 34.1 Å². The Balaban J connectivity index is 2.34. The Labute approximate surface area is 144 Å². The molecule has 132 valence electrons. The monoisotopic (exact) mass is 353 g/mol. The molecule has 2 rings (SSSR count). The number of carbonyl (C=O) groups is 1. The Morgan fingerprint density at radius 2 is 1.83 bits per heavy atom. The molecule has 0 spiro atoms. The molecule has 1 aromatic carbocycles. The maximum absolute atomic E-state index is 12.7. The van der Waals surface area contributed by atoms with E-state index in [1.54, 1.807) is 25.1 Å². The zero-order chi connectivity index (χ0) is 18.2. The van der Waals surface area contributed by atoms with Crippen molar-refractivity contribution in [3.63, 3.8) is 0 Å². The van der Waals surface area contributed by atoms with Crippen molar-refractivity contribution in [2.75, 3.05) is 12.9 Å². The molecular weight excluding hydrogens is 329 g/mol. The molecule has 6 nitrogen and oxygen atoms in total. The lowest BCUT2D eigenvalue weighted by Crippen LogP contribution is -2.41. The van der Waals surface area contributed by atoms with Gasteiger partial charge in [-0.2, -0.15) is 0 Å². The quantitative estimate of drug-likeness (QED) is 0.781. The van der Waals surface area contributed by atoms with Crippen LogP contribution in [0.1, 0.15) is 34.6 Å². The molecule has 8 heteroatoms. The maximum atomic E-state index is 12.7. The molecule has 0 aliphatic carbocycles. The van der Waals surface area contributed by atoms with E-state index in [2.05, 4.69) is 4.36 Å². The van der Waals surface area contributed by atoms with Gasteiger partial charge in [-0.25, -0.2) is 9.00 Å². The van der Waals surface area contributed by atoms with Gasteiger partial charge in [0.05, 0.1) is 27.5 Å². The molecule has 1 aliphatic heterocycles. The third-order valence-corrected chi connectivity index (χ3v) is 5.96. The summed E-state index contributed by atoms with van der Waals surface area (Å²) in [5.41, 5.74) is -0.187. The summed E-state index contributed by atoms with van der Waals surface area (Å²) in [4.78, 5) is 12.0. The van der Waals surface area contributed by atoms with Crippen molar-refractivity contribution in [3.8, 4) is 0 Å². The summed E-state index contributed by atoms with van der Waals surface area (Å²) in [7, 11) is -3.46. The number of nitrogens with zero attached hydrogens (tertiary/aromatic N) is 1. The average molecular weight is 353 g/mol. The molecule has 24 heavy (non-hydrogen) atoms. The Kier molecular flexibility index (Phi) is 5.13. The summed E-state index contributed by atoms with van der Waals surface area (Å²) in [6, 6.07) is 6.96. The molecule has 1 aliphatic rings. The highest BCUT2D eigenvalue weighted by Gasteiger charge is 2.51. The second kappa shape index (κ2) is 6.50.